The maximum absolute atomic E-state index is 13.2. The summed E-state index contributed by atoms with van der Waals surface area (Å²) in [5.74, 6) is -3.77. The number of nitrogens with one attached hydrogen (secondary N) is 1. The number of carbonyl (C=O) groups excluding carboxylic acids is 2. The molecule has 1 aromatic rings. The summed E-state index contributed by atoms with van der Waals surface area (Å²) in [6, 6.07) is 2.08. The molecule has 0 aliphatic carbocycles. The molecule has 1 rings (SSSR count). The quantitative estimate of drug-likeness (QED) is 0.505. The molecule has 0 aliphatic rings. The van der Waals surface area contributed by atoms with E-state index < -0.39 is 41.3 Å². The topological polar surface area (TPSA) is 73.9 Å². The predicted molar refractivity (Wildman–Crippen MR) is 68.8 cm³/mol. The van der Waals surface area contributed by atoms with Crippen LogP contribution in [0.15, 0.2) is 30.0 Å². The summed E-state index contributed by atoms with van der Waals surface area (Å²) >= 11 is 0. The summed E-state index contributed by atoms with van der Waals surface area (Å²) in [5.41, 5.74) is -1.11. The van der Waals surface area contributed by atoms with Crippen LogP contribution in [0.1, 0.15) is 0 Å². The van der Waals surface area contributed by atoms with Crippen molar-refractivity contribution in [3.63, 3.8) is 0 Å². The molecule has 0 aromatic heterocycles. The Hall–Kier alpha value is -2.78. The summed E-state index contributed by atoms with van der Waals surface area (Å²) in [5, 5.41) is 2.15. The third-order valence-electron chi connectivity index (χ3n) is 2.31. The number of hydrogen-bond donors (Lipinski definition) is 1. The van der Waals surface area contributed by atoms with E-state index in [2.05, 4.69) is 19.5 Å². The van der Waals surface area contributed by atoms with Crippen molar-refractivity contribution in [3.8, 4) is 5.75 Å². The van der Waals surface area contributed by atoms with Gasteiger partial charge in [0.25, 0.3) is 0 Å². The molecular weight excluding hydrogens is 326 g/mol. The zero-order valence-electron chi connectivity index (χ0n) is 11.9. The van der Waals surface area contributed by atoms with Gasteiger partial charge in [-0.05, 0) is 12.1 Å². The smallest absolute Gasteiger partial charge is 0.466 e. The molecule has 0 fully saturated rings. The zero-order chi connectivity index (χ0) is 17.6. The summed E-state index contributed by atoms with van der Waals surface area (Å²) in [7, 11) is 2.00. The molecule has 0 heterocycles. The second kappa shape index (κ2) is 7.47. The van der Waals surface area contributed by atoms with Crippen LogP contribution in [0.5, 0.6) is 5.75 Å². The first kappa shape index (κ1) is 18.3. The van der Waals surface area contributed by atoms with Gasteiger partial charge in [0.1, 0.15) is 11.5 Å². The Morgan fingerprint density at radius 1 is 1.17 bits per heavy atom. The van der Waals surface area contributed by atoms with E-state index in [1.54, 1.807) is 0 Å². The lowest BCUT2D eigenvalue weighted by Crippen LogP contribution is -2.20. The number of hydrogen-bond acceptors (Lipinski definition) is 6. The lowest BCUT2D eigenvalue weighted by Gasteiger charge is -2.15. The highest BCUT2D eigenvalue weighted by atomic mass is 19.4. The van der Waals surface area contributed by atoms with Crippen LogP contribution < -0.4 is 10.1 Å². The predicted octanol–water partition coefficient (Wildman–Crippen LogP) is 2.37. The van der Waals surface area contributed by atoms with E-state index in [1.807, 2.05) is 0 Å². The van der Waals surface area contributed by atoms with Crippen molar-refractivity contribution in [1.29, 1.82) is 0 Å². The monoisotopic (exact) mass is 337 g/mol. The van der Waals surface area contributed by atoms with Crippen molar-refractivity contribution >= 4 is 17.6 Å². The maximum atomic E-state index is 13.2. The largest absolute Gasteiger partial charge is 0.573 e. The van der Waals surface area contributed by atoms with E-state index in [-0.39, 0.29) is 0 Å². The van der Waals surface area contributed by atoms with Crippen molar-refractivity contribution in [2.24, 2.45) is 0 Å². The van der Waals surface area contributed by atoms with Crippen molar-refractivity contribution in [2.75, 3.05) is 19.5 Å². The van der Waals surface area contributed by atoms with Gasteiger partial charge in [0, 0.05) is 6.07 Å². The van der Waals surface area contributed by atoms with Crippen molar-refractivity contribution in [3.05, 3.63) is 35.8 Å². The minimum absolute atomic E-state index is 0.539. The fraction of sp³-hybridized carbons (Fsp3) is 0.231. The molecule has 0 bridgehead atoms. The first-order valence-electron chi connectivity index (χ1n) is 5.86. The highest BCUT2D eigenvalue weighted by Gasteiger charge is 2.32. The lowest BCUT2D eigenvalue weighted by molar-refractivity contribution is -0.274. The first-order chi connectivity index (χ1) is 10.7. The maximum Gasteiger partial charge on any atom is 0.573 e. The number of benzene rings is 1. The van der Waals surface area contributed by atoms with E-state index >= 15 is 0 Å². The summed E-state index contributed by atoms with van der Waals surface area (Å²) in [4.78, 5) is 22.7. The average Bonchev–Trinajstić information content (AvgIpc) is 2.47. The molecule has 0 radical (unpaired) electrons. The molecule has 23 heavy (non-hydrogen) atoms. The molecule has 0 aliphatic heterocycles. The van der Waals surface area contributed by atoms with Crippen LogP contribution in [0.2, 0.25) is 0 Å². The SMILES string of the molecule is COC(=O)/C=C(/Nc1cc(F)ccc1OC(F)(F)F)C(=O)OC. The van der Waals surface area contributed by atoms with Crippen LogP contribution in [0.4, 0.5) is 23.2 Å². The number of anilines is 1. The minimum atomic E-state index is -5.04. The Morgan fingerprint density at radius 3 is 2.35 bits per heavy atom. The van der Waals surface area contributed by atoms with Gasteiger partial charge < -0.3 is 19.5 Å². The molecule has 1 N–H and O–H groups in total. The van der Waals surface area contributed by atoms with Crippen LogP contribution >= 0.6 is 0 Å². The third-order valence-corrected chi connectivity index (χ3v) is 2.31. The molecule has 126 valence electrons. The lowest BCUT2D eigenvalue weighted by atomic mass is 10.2. The number of alkyl halides is 3. The van der Waals surface area contributed by atoms with Gasteiger partial charge in [0.2, 0.25) is 0 Å². The molecule has 10 heteroatoms. The Balaban J connectivity index is 3.22. The van der Waals surface area contributed by atoms with Gasteiger partial charge in [-0.25, -0.2) is 14.0 Å². The summed E-state index contributed by atoms with van der Waals surface area (Å²) in [6.07, 6.45) is -4.40. The fourth-order valence-electron chi connectivity index (χ4n) is 1.39. The summed E-state index contributed by atoms with van der Waals surface area (Å²) < 4.78 is 62.6. The molecule has 0 atom stereocenters. The average molecular weight is 337 g/mol. The van der Waals surface area contributed by atoms with Gasteiger partial charge in [-0.2, -0.15) is 0 Å². The molecule has 0 spiro atoms. The Labute approximate surface area is 127 Å². The van der Waals surface area contributed by atoms with Crippen LogP contribution in [0.25, 0.3) is 0 Å². The number of ether oxygens (including phenoxy) is 3. The summed E-state index contributed by atoms with van der Waals surface area (Å²) in [6.45, 7) is 0. The zero-order valence-corrected chi connectivity index (χ0v) is 11.9. The first-order valence-corrected chi connectivity index (χ1v) is 5.86. The second-order valence-corrected chi connectivity index (χ2v) is 3.89. The highest BCUT2D eigenvalue weighted by molar-refractivity contribution is 5.99. The molecule has 0 unspecified atom stereocenters. The number of methoxy groups -OCH3 is 2. The highest BCUT2D eigenvalue weighted by Crippen LogP contribution is 2.31. The van der Waals surface area contributed by atoms with E-state index in [4.69, 9.17) is 0 Å². The van der Waals surface area contributed by atoms with E-state index in [9.17, 15) is 27.2 Å². The van der Waals surface area contributed by atoms with Gasteiger partial charge in [-0.3, -0.25) is 0 Å². The van der Waals surface area contributed by atoms with Crippen LogP contribution in [0.3, 0.4) is 0 Å². The normalized spacial score (nSPS) is 11.7. The van der Waals surface area contributed by atoms with Crippen LogP contribution in [-0.4, -0.2) is 32.5 Å². The van der Waals surface area contributed by atoms with Crippen molar-refractivity contribution < 1.29 is 41.4 Å². The number of esters is 2. The molecule has 0 saturated heterocycles. The third kappa shape index (κ3) is 5.85. The minimum Gasteiger partial charge on any atom is -0.466 e. The van der Waals surface area contributed by atoms with Crippen LogP contribution in [0, 0.1) is 5.82 Å². The molecular formula is C13H11F4NO5. The van der Waals surface area contributed by atoms with Crippen molar-refractivity contribution in [1.82, 2.24) is 0 Å². The Kier molecular flexibility index (Phi) is 5.94. The number of halogens is 4. The van der Waals surface area contributed by atoms with Gasteiger partial charge in [0.05, 0.1) is 26.0 Å². The van der Waals surface area contributed by atoms with E-state index in [0.29, 0.717) is 18.2 Å². The van der Waals surface area contributed by atoms with Gasteiger partial charge in [0.15, 0.2) is 5.75 Å². The Morgan fingerprint density at radius 2 is 1.83 bits per heavy atom. The van der Waals surface area contributed by atoms with Crippen molar-refractivity contribution in [2.45, 2.75) is 6.36 Å². The van der Waals surface area contributed by atoms with Gasteiger partial charge in [-0.1, -0.05) is 0 Å². The molecule has 0 saturated carbocycles. The fourth-order valence-corrected chi connectivity index (χ4v) is 1.39. The second-order valence-electron chi connectivity index (χ2n) is 3.89. The van der Waals surface area contributed by atoms with E-state index in [1.165, 1.54) is 0 Å². The van der Waals surface area contributed by atoms with E-state index in [0.717, 1.165) is 20.3 Å². The standard InChI is InChI=1S/C13H11F4NO5/c1-21-11(19)6-9(12(20)22-2)18-8-5-7(14)3-4-10(8)23-13(15,16)17/h3-6,18H,1-2H3/b9-6+. The van der Waals surface area contributed by atoms with Gasteiger partial charge in [-0.15, -0.1) is 13.2 Å². The molecule has 0 amide bonds. The Bertz CT molecular complexity index is 627. The number of carbonyl (C=O) groups is 2. The molecule has 6 nitrogen and oxygen atoms in total. The molecule has 1 aromatic carbocycles. The van der Waals surface area contributed by atoms with Crippen LogP contribution in [-0.2, 0) is 19.1 Å². The number of rotatable bonds is 5. The van der Waals surface area contributed by atoms with Gasteiger partial charge >= 0.3 is 18.3 Å².